The van der Waals surface area contributed by atoms with Gasteiger partial charge in [0.25, 0.3) is 0 Å². The largest absolute Gasteiger partial charge is 0.545 e. The Morgan fingerprint density at radius 3 is 0.828 bits per heavy atom. The van der Waals surface area contributed by atoms with Crippen LogP contribution in [0.1, 0.15) is 48.5 Å². The number of imidazole rings is 3. The molecule has 0 saturated heterocycles. The topological polar surface area (TPSA) is 365 Å². The number of aromatic amines is 3. The van der Waals surface area contributed by atoms with E-state index in [9.17, 15) is 59.4 Å². The number of nitrogens with one attached hydrogen (secondary N) is 3. The molecule has 0 aliphatic carbocycles. The van der Waals surface area contributed by atoms with Gasteiger partial charge in [-0.15, -0.1) is 0 Å². The summed E-state index contributed by atoms with van der Waals surface area (Å²) in [5.74, 6) is -7.36. The molecule has 3 N–H and O–H groups in total. The number of carboxylic acid groups (broad SMARTS) is 6. The van der Waals surface area contributed by atoms with Crippen molar-refractivity contribution in [1.29, 1.82) is 0 Å². The number of hydrogen-bond donors (Lipinski definition) is 3. The number of hydrogen-bond acceptors (Lipinski definition) is 18. The van der Waals surface area contributed by atoms with Gasteiger partial charge < -0.3 is 74.4 Å². The summed E-state index contributed by atoms with van der Waals surface area (Å²) >= 11 is 0. The molecule has 6 rings (SSSR count). The monoisotopic (exact) mass is 875 g/mol. The Hall–Kier alpha value is -8.19. The Morgan fingerprint density at radius 2 is 0.690 bits per heavy atom. The Balaban J connectivity index is 0.000000670. The molecular formula is C36H27MoN9O12-6. The maximum Gasteiger partial charge on any atom is 0.0924 e. The number of nitrogens with zero attached hydrogens (tertiary/aromatic N) is 6. The van der Waals surface area contributed by atoms with E-state index in [1.165, 1.54) is 92.6 Å². The maximum atomic E-state index is 10.0. The van der Waals surface area contributed by atoms with Gasteiger partial charge in [0.1, 0.15) is 0 Å². The van der Waals surface area contributed by atoms with E-state index in [-0.39, 0.29) is 38.1 Å². The van der Waals surface area contributed by atoms with Gasteiger partial charge in [0.15, 0.2) is 0 Å². The van der Waals surface area contributed by atoms with Crippen LogP contribution in [0.25, 0.3) is 18.2 Å². The Bertz CT molecular complexity index is 1900. The van der Waals surface area contributed by atoms with E-state index in [1.54, 1.807) is 36.4 Å². The molecule has 0 atom stereocenters. The van der Waals surface area contributed by atoms with Crippen LogP contribution in [0.4, 0.5) is 0 Å². The predicted molar refractivity (Wildman–Crippen MR) is 184 cm³/mol. The fraction of sp³-hybridized carbons (Fsp3) is 0. The van der Waals surface area contributed by atoms with E-state index in [1.807, 2.05) is 0 Å². The third kappa shape index (κ3) is 25.7. The average Bonchev–Trinajstić information content (AvgIpc) is 4.03. The molecule has 300 valence electrons. The number of aromatic carboxylic acids is 3. The van der Waals surface area contributed by atoms with Gasteiger partial charge in [0.2, 0.25) is 0 Å². The van der Waals surface area contributed by atoms with Crippen molar-refractivity contribution in [2.75, 3.05) is 0 Å². The molecular weight excluding hydrogens is 846 g/mol. The second-order valence-electron chi connectivity index (χ2n) is 9.49. The minimum Gasteiger partial charge on any atom is -0.545 e. The molecule has 0 aliphatic heterocycles. The number of aliphatic carboxylic acids is 3. The van der Waals surface area contributed by atoms with Crippen molar-refractivity contribution in [3.05, 3.63) is 163 Å². The van der Waals surface area contributed by atoms with Crippen LogP contribution in [-0.2, 0) is 35.4 Å². The minimum atomic E-state index is -1.24. The van der Waals surface area contributed by atoms with Crippen molar-refractivity contribution in [2.45, 2.75) is 0 Å². The Labute approximate surface area is 341 Å². The number of aromatic nitrogens is 9. The van der Waals surface area contributed by atoms with Gasteiger partial charge >= 0.3 is 0 Å². The quantitative estimate of drug-likeness (QED) is 0.0917. The van der Waals surface area contributed by atoms with E-state index in [0.717, 1.165) is 18.2 Å². The van der Waals surface area contributed by atoms with Crippen molar-refractivity contribution in [3.8, 4) is 0 Å². The summed E-state index contributed by atoms with van der Waals surface area (Å²) in [6.45, 7) is 0. The fourth-order valence-corrected chi connectivity index (χ4v) is 3.00. The van der Waals surface area contributed by atoms with Gasteiger partial charge in [-0.1, -0.05) is 18.2 Å². The van der Waals surface area contributed by atoms with Crippen LogP contribution in [-0.4, -0.2) is 80.7 Å². The predicted octanol–water partition coefficient (Wildman–Crippen LogP) is -4.15. The number of carboxylic acids is 6. The van der Waals surface area contributed by atoms with Crippen LogP contribution in [0.2, 0.25) is 0 Å². The molecule has 0 radical (unpaired) electrons. The second-order valence-corrected chi connectivity index (χ2v) is 9.49. The summed E-state index contributed by atoms with van der Waals surface area (Å²) in [6.07, 6.45) is 20.1. The number of H-pyrrole nitrogens is 3. The molecule has 58 heavy (non-hydrogen) atoms. The summed E-state index contributed by atoms with van der Waals surface area (Å²) in [5.41, 5.74) is 1.84. The third-order valence-electron chi connectivity index (χ3n) is 5.38. The molecule has 0 amide bonds. The number of carbonyl (C=O) groups excluding carboxylic acids is 6. The van der Waals surface area contributed by atoms with E-state index >= 15 is 0 Å². The van der Waals surface area contributed by atoms with Crippen LogP contribution in [0, 0.1) is 0 Å². The van der Waals surface area contributed by atoms with Crippen molar-refractivity contribution < 1.29 is 80.5 Å². The fourth-order valence-electron chi connectivity index (χ4n) is 3.00. The standard InChI is InChI=1S/3C6H6N2O2.3C6H5NO2.Mo/c3*9-6(10)2-1-5-3-7-4-8-5;3*8-6(9)5-3-1-2-4-7-5;/h3*1-4H,(H,7,8)(H,9,10);3*1-4H,(H,8,9);/p-6. The molecule has 0 saturated carbocycles. The first-order valence-electron chi connectivity index (χ1n) is 15.3. The second kappa shape index (κ2) is 30.2. The third-order valence-corrected chi connectivity index (χ3v) is 5.38. The van der Waals surface area contributed by atoms with Crippen molar-refractivity contribution >= 4 is 54.0 Å². The molecule has 6 aromatic rings. The zero-order chi connectivity index (χ0) is 42.3. The van der Waals surface area contributed by atoms with E-state index in [4.69, 9.17) is 0 Å². The number of carbonyl (C=O) groups is 6. The molecule has 0 fully saturated rings. The van der Waals surface area contributed by atoms with Crippen LogP contribution in [0.5, 0.6) is 0 Å². The number of rotatable bonds is 9. The minimum absolute atomic E-state index is 0. The zero-order valence-electron chi connectivity index (χ0n) is 29.3. The van der Waals surface area contributed by atoms with Gasteiger partial charge in [-0.25, -0.2) is 15.0 Å². The molecule has 22 heteroatoms. The van der Waals surface area contributed by atoms with Crippen molar-refractivity contribution in [1.82, 2.24) is 44.9 Å². The maximum absolute atomic E-state index is 10.0. The van der Waals surface area contributed by atoms with Gasteiger partial charge in [0, 0.05) is 39.7 Å². The van der Waals surface area contributed by atoms with Crippen LogP contribution >= 0.6 is 0 Å². The number of pyridine rings is 3. The zero-order valence-corrected chi connectivity index (χ0v) is 31.4. The first kappa shape index (κ1) is 49.8. The Morgan fingerprint density at radius 1 is 0.431 bits per heavy atom. The van der Waals surface area contributed by atoms with Gasteiger partial charge in [0.05, 0.1) is 108 Å². The molecule has 6 heterocycles. The average molecular weight is 874 g/mol. The Kier molecular flexibility index (Phi) is 25.9. The van der Waals surface area contributed by atoms with E-state index in [0.29, 0.717) is 17.1 Å². The van der Waals surface area contributed by atoms with Crippen LogP contribution in [0.15, 0.2) is 129 Å². The van der Waals surface area contributed by atoms with Gasteiger partial charge in [-0.05, 0) is 72.9 Å². The normalized spacial score (nSPS) is 9.52. The van der Waals surface area contributed by atoms with Crippen LogP contribution < -0.4 is 30.6 Å². The smallest absolute Gasteiger partial charge is 0.0924 e. The summed E-state index contributed by atoms with van der Waals surface area (Å²) in [6, 6.07) is 13.9. The SMILES string of the molecule is O=C([O-])C=Cc1cnc[nH]1.O=C([O-])C=Cc1cnc[nH]1.O=C([O-])C=Cc1cnc[nH]1.O=C([O-])c1ccccn1.O=C([O-])c1ccccn1.O=C([O-])c1ccccn1.[Mo]. The first-order chi connectivity index (χ1) is 27.3. The summed E-state index contributed by atoms with van der Waals surface area (Å²) < 4.78 is 0. The summed E-state index contributed by atoms with van der Waals surface area (Å²) in [7, 11) is 0. The van der Waals surface area contributed by atoms with Gasteiger partial charge in [-0.3, -0.25) is 15.0 Å². The van der Waals surface area contributed by atoms with Gasteiger partial charge in [-0.2, -0.15) is 0 Å². The molecule has 0 bridgehead atoms. The van der Waals surface area contributed by atoms with Crippen molar-refractivity contribution in [2.24, 2.45) is 0 Å². The molecule has 0 aliphatic rings. The summed E-state index contributed by atoms with van der Waals surface area (Å²) in [5, 5.41) is 59.7. The summed E-state index contributed by atoms with van der Waals surface area (Å²) in [4.78, 5) is 89.4. The molecule has 6 aromatic heterocycles. The molecule has 0 spiro atoms. The first-order valence-corrected chi connectivity index (χ1v) is 15.3. The van der Waals surface area contributed by atoms with E-state index < -0.39 is 35.8 Å². The van der Waals surface area contributed by atoms with E-state index in [2.05, 4.69) is 44.9 Å². The van der Waals surface area contributed by atoms with Crippen molar-refractivity contribution in [3.63, 3.8) is 0 Å². The van der Waals surface area contributed by atoms with Crippen LogP contribution in [0.3, 0.4) is 0 Å². The molecule has 0 unspecified atom stereocenters. The molecule has 0 aromatic carbocycles. The molecule has 21 nitrogen and oxygen atoms in total.